The molecular formula is C16H14FN3O4S. The molecule has 0 atom stereocenters. The highest BCUT2D eigenvalue weighted by Gasteiger charge is 2.22. The summed E-state index contributed by atoms with van der Waals surface area (Å²) in [4.78, 5) is 27.3. The van der Waals surface area contributed by atoms with Crippen molar-refractivity contribution in [3.05, 3.63) is 74.6 Å². The van der Waals surface area contributed by atoms with Crippen molar-refractivity contribution >= 4 is 21.1 Å². The molecule has 25 heavy (non-hydrogen) atoms. The Morgan fingerprint density at radius 1 is 1.00 bits per heavy atom. The fraction of sp³-hybridized carbons (Fsp3) is 0.125. The van der Waals surface area contributed by atoms with Gasteiger partial charge in [0.05, 0.1) is 15.9 Å². The lowest BCUT2D eigenvalue weighted by Gasteiger charge is -2.18. The van der Waals surface area contributed by atoms with E-state index in [4.69, 9.17) is 0 Å². The highest BCUT2D eigenvalue weighted by molar-refractivity contribution is 7.89. The minimum absolute atomic E-state index is 0.0819. The topological polar surface area (TPSA) is 103 Å². The summed E-state index contributed by atoms with van der Waals surface area (Å²) < 4.78 is 40.1. The average molecular weight is 363 g/mol. The fourth-order valence-electron chi connectivity index (χ4n) is 2.39. The van der Waals surface area contributed by atoms with Crippen molar-refractivity contribution in [3.63, 3.8) is 0 Å². The van der Waals surface area contributed by atoms with Gasteiger partial charge in [-0.25, -0.2) is 12.8 Å². The number of sulfonamides is 1. The summed E-state index contributed by atoms with van der Waals surface area (Å²) >= 11 is 0. The number of aromatic amines is 2. The first-order chi connectivity index (χ1) is 11.8. The standard InChI is InChI=1S/C16H14FN3O4S/c1-20(9-10-4-2-3-5-12(10)17)25(23,24)11-6-7-13-14(8-11)19-16(22)15(21)18-13/h2-8H,9H2,1H3,(H,18,21)(H,19,22). The number of fused-ring (bicyclic) bond motifs is 1. The van der Waals surface area contributed by atoms with Crippen molar-refractivity contribution in [3.8, 4) is 0 Å². The van der Waals surface area contributed by atoms with Crippen LogP contribution >= 0.6 is 0 Å². The van der Waals surface area contributed by atoms with Gasteiger partial charge in [-0.2, -0.15) is 4.31 Å². The quantitative estimate of drug-likeness (QED) is 0.679. The molecule has 9 heteroatoms. The van der Waals surface area contributed by atoms with Crippen LogP contribution in [0.5, 0.6) is 0 Å². The number of H-pyrrole nitrogens is 2. The zero-order valence-electron chi connectivity index (χ0n) is 13.1. The van der Waals surface area contributed by atoms with Gasteiger partial charge < -0.3 is 9.97 Å². The Kier molecular flexibility index (Phi) is 4.27. The summed E-state index contributed by atoms with van der Waals surface area (Å²) in [5, 5.41) is 0. The van der Waals surface area contributed by atoms with Crippen LogP contribution < -0.4 is 11.1 Å². The van der Waals surface area contributed by atoms with Crippen molar-refractivity contribution in [2.75, 3.05) is 7.05 Å². The molecule has 7 nitrogen and oxygen atoms in total. The van der Waals surface area contributed by atoms with Crippen LogP contribution in [0.3, 0.4) is 0 Å². The zero-order chi connectivity index (χ0) is 18.2. The Balaban J connectivity index is 2.00. The molecule has 0 aliphatic heterocycles. The maximum atomic E-state index is 13.7. The Hall–Kier alpha value is -2.78. The number of hydrogen-bond acceptors (Lipinski definition) is 4. The second-order valence-electron chi connectivity index (χ2n) is 5.47. The molecule has 0 saturated heterocycles. The van der Waals surface area contributed by atoms with Crippen LogP contribution in [0, 0.1) is 5.82 Å². The average Bonchev–Trinajstić information content (AvgIpc) is 2.57. The first-order valence-corrected chi connectivity index (χ1v) is 8.69. The molecule has 0 radical (unpaired) electrons. The molecule has 1 heterocycles. The van der Waals surface area contributed by atoms with Gasteiger partial charge in [-0.3, -0.25) is 9.59 Å². The van der Waals surface area contributed by atoms with E-state index in [0.29, 0.717) is 5.52 Å². The zero-order valence-corrected chi connectivity index (χ0v) is 13.9. The van der Waals surface area contributed by atoms with E-state index in [1.807, 2.05) is 0 Å². The van der Waals surface area contributed by atoms with Crippen molar-refractivity contribution in [1.29, 1.82) is 0 Å². The van der Waals surface area contributed by atoms with Crippen LogP contribution in [-0.2, 0) is 16.6 Å². The van der Waals surface area contributed by atoms with E-state index < -0.39 is 27.0 Å². The van der Waals surface area contributed by atoms with E-state index in [2.05, 4.69) is 9.97 Å². The van der Waals surface area contributed by atoms with Crippen LogP contribution in [0.15, 0.2) is 56.9 Å². The van der Waals surface area contributed by atoms with Gasteiger partial charge in [0.25, 0.3) is 0 Å². The van der Waals surface area contributed by atoms with Gasteiger partial charge in [-0.05, 0) is 24.3 Å². The third-order valence-corrected chi connectivity index (χ3v) is 5.55. The predicted molar refractivity (Wildman–Crippen MR) is 90.2 cm³/mol. The van der Waals surface area contributed by atoms with Crippen molar-refractivity contribution < 1.29 is 12.8 Å². The minimum atomic E-state index is -3.92. The van der Waals surface area contributed by atoms with Gasteiger partial charge >= 0.3 is 11.1 Å². The molecule has 1 aromatic heterocycles. The van der Waals surface area contributed by atoms with Crippen molar-refractivity contribution in [2.45, 2.75) is 11.4 Å². The van der Waals surface area contributed by atoms with E-state index in [1.54, 1.807) is 6.07 Å². The molecule has 0 amide bonds. The van der Waals surface area contributed by atoms with Gasteiger partial charge in [0.1, 0.15) is 5.82 Å². The Morgan fingerprint density at radius 2 is 1.64 bits per heavy atom. The smallest absolute Gasteiger partial charge is 0.314 e. The molecule has 2 N–H and O–H groups in total. The maximum absolute atomic E-state index is 13.7. The predicted octanol–water partition coefficient (Wildman–Crippen LogP) is 1.18. The highest BCUT2D eigenvalue weighted by Crippen LogP contribution is 2.20. The summed E-state index contributed by atoms with van der Waals surface area (Å²) in [6.07, 6.45) is 0. The Bertz CT molecular complexity index is 1170. The molecule has 0 aliphatic carbocycles. The molecule has 3 rings (SSSR count). The first kappa shape index (κ1) is 17.1. The van der Waals surface area contributed by atoms with Gasteiger partial charge in [0.2, 0.25) is 10.0 Å². The molecular weight excluding hydrogens is 349 g/mol. The number of aromatic nitrogens is 2. The molecule has 0 fully saturated rings. The SMILES string of the molecule is CN(Cc1ccccc1F)S(=O)(=O)c1ccc2[nH]c(=O)c(=O)[nH]c2c1. The largest absolute Gasteiger partial charge is 0.316 e. The maximum Gasteiger partial charge on any atom is 0.314 e. The number of hydrogen-bond donors (Lipinski definition) is 2. The number of rotatable bonds is 4. The molecule has 0 aliphatic rings. The summed E-state index contributed by atoms with van der Waals surface area (Å²) in [6.45, 7) is -0.144. The molecule has 0 spiro atoms. The summed E-state index contributed by atoms with van der Waals surface area (Å²) in [5.74, 6) is -0.495. The lowest BCUT2D eigenvalue weighted by Crippen LogP contribution is -2.29. The van der Waals surface area contributed by atoms with Gasteiger partial charge in [0.15, 0.2) is 0 Å². The number of nitrogens with zero attached hydrogens (tertiary/aromatic N) is 1. The summed E-state index contributed by atoms with van der Waals surface area (Å²) in [5.41, 5.74) is -0.959. The molecule has 0 bridgehead atoms. The van der Waals surface area contributed by atoms with E-state index >= 15 is 0 Å². The highest BCUT2D eigenvalue weighted by atomic mass is 32.2. The van der Waals surface area contributed by atoms with Gasteiger partial charge in [-0.1, -0.05) is 18.2 Å². The minimum Gasteiger partial charge on any atom is -0.316 e. The fourth-order valence-corrected chi connectivity index (χ4v) is 3.56. The number of benzene rings is 2. The van der Waals surface area contributed by atoms with Crippen molar-refractivity contribution in [2.24, 2.45) is 0 Å². The third kappa shape index (κ3) is 3.24. The van der Waals surface area contributed by atoms with Crippen LogP contribution in [0.4, 0.5) is 4.39 Å². The normalized spacial score (nSPS) is 12.0. The van der Waals surface area contributed by atoms with E-state index in [0.717, 1.165) is 4.31 Å². The molecule has 0 saturated carbocycles. The monoisotopic (exact) mass is 363 g/mol. The lowest BCUT2D eigenvalue weighted by molar-refractivity contribution is 0.456. The van der Waals surface area contributed by atoms with E-state index in [-0.39, 0.29) is 22.5 Å². The second-order valence-corrected chi connectivity index (χ2v) is 7.51. The van der Waals surface area contributed by atoms with E-state index in [1.165, 1.54) is 43.4 Å². The van der Waals surface area contributed by atoms with Gasteiger partial charge in [-0.15, -0.1) is 0 Å². The van der Waals surface area contributed by atoms with Crippen LogP contribution in [-0.4, -0.2) is 29.7 Å². The molecule has 130 valence electrons. The van der Waals surface area contributed by atoms with Crippen LogP contribution in [0.1, 0.15) is 5.56 Å². The number of nitrogens with one attached hydrogen (secondary N) is 2. The third-order valence-electron chi connectivity index (χ3n) is 3.75. The first-order valence-electron chi connectivity index (χ1n) is 7.25. The lowest BCUT2D eigenvalue weighted by atomic mass is 10.2. The molecule has 2 aromatic carbocycles. The number of halogens is 1. The molecule has 0 unspecified atom stereocenters. The van der Waals surface area contributed by atoms with Crippen LogP contribution in [0.2, 0.25) is 0 Å². The Morgan fingerprint density at radius 3 is 2.32 bits per heavy atom. The van der Waals surface area contributed by atoms with Gasteiger partial charge in [0, 0.05) is 19.2 Å². The van der Waals surface area contributed by atoms with Crippen LogP contribution in [0.25, 0.3) is 11.0 Å². The molecule has 3 aromatic rings. The van der Waals surface area contributed by atoms with Crippen molar-refractivity contribution in [1.82, 2.24) is 14.3 Å². The summed E-state index contributed by atoms with van der Waals surface area (Å²) in [6, 6.07) is 9.85. The second kappa shape index (κ2) is 6.26. The van der Waals surface area contributed by atoms with E-state index in [9.17, 15) is 22.4 Å². The summed E-state index contributed by atoms with van der Waals surface area (Å²) in [7, 11) is -2.58. The Labute approximate surface area is 141 Å².